The van der Waals surface area contributed by atoms with E-state index in [0.29, 0.717) is 44.1 Å². The van der Waals surface area contributed by atoms with Crippen LogP contribution in [-0.4, -0.2) is 64.7 Å². The number of hydrogen-bond donors (Lipinski definition) is 1. The first-order chi connectivity index (χ1) is 10.3. The molecular formula is C13H19N5O3S. The van der Waals surface area contributed by atoms with Crippen molar-refractivity contribution in [3.8, 4) is 0 Å². The van der Waals surface area contributed by atoms with E-state index >= 15 is 0 Å². The van der Waals surface area contributed by atoms with E-state index in [9.17, 15) is 13.2 Å². The molecule has 1 fully saturated rings. The van der Waals surface area contributed by atoms with Crippen molar-refractivity contribution in [1.82, 2.24) is 23.8 Å². The first kappa shape index (κ1) is 15.2. The molecule has 0 unspecified atom stereocenters. The van der Waals surface area contributed by atoms with Gasteiger partial charge in [0.25, 0.3) is 5.56 Å². The topological polar surface area (TPSA) is 90.8 Å². The highest BCUT2D eigenvalue weighted by Gasteiger charge is 2.23. The van der Waals surface area contributed by atoms with Crippen molar-refractivity contribution in [2.45, 2.75) is 13.5 Å². The first-order valence-corrected chi connectivity index (χ1v) is 8.93. The van der Waals surface area contributed by atoms with E-state index in [-0.39, 0.29) is 5.56 Å². The van der Waals surface area contributed by atoms with Crippen LogP contribution in [0, 0.1) is 6.92 Å². The average molecular weight is 325 g/mol. The zero-order valence-corrected chi connectivity index (χ0v) is 13.4. The van der Waals surface area contributed by atoms with Gasteiger partial charge in [0.1, 0.15) is 0 Å². The van der Waals surface area contributed by atoms with Gasteiger partial charge in [-0.05, 0) is 6.92 Å². The Bertz CT molecular complexity index is 846. The Morgan fingerprint density at radius 3 is 2.55 bits per heavy atom. The smallest absolute Gasteiger partial charge is 0.272 e. The quantitative estimate of drug-likeness (QED) is 0.814. The fourth-order valence-corrected chi connectivity index (χ4v) is 3.52. The van der Waals surface area contributed by atoms with E-state index in [4.69, 9.17) is 0 Å². The molecule has 0 radical (unpaired) electrons. The van der Waals surface area contributed by atoms with Crippen LogP contribution >= 0.6 is 0 Å². The Labute approximate surface area is 128 Å². The monoisotopic (exact) mass is 325 g/mol. The Kier molecular flexibility index (Phi) is 3.79. The third kappa shape index (κ3) is 3.06. The Balaban J connectivity index is 1.73. The van der Waals surface area contributed by atoms with Crippen molar-refractivity contribution < 1.29 is 8.42 Å². The third-order valence-corrected chi connectivity index (χ3v) is 5.12. The summed E-state index contributed by atoms with van der Waals surface area (Å²) in [4.78, 5) is 18.6. The molecule has 1 aliphatic rings. The van der Waals surface area contributed by atoms with Crippen LogP contribution in [0.1, 0.15) is 11.4 Å². The van der Waals surface area contributed by atoms with Crippen molar-refractivity contribution in [3.05, 3.63) is 33.9 Å². The number of piperazine rings is 1. The predicted octanol–water partition coefficient (Wildman–Crippen LogP) is -0.592. The van der Waals surface area contributed by atoms with E-state index in [1.165, 1.54) is 21.1 Å². The Morgan fingerprint density at radius 1 is 1.23 bits per heavy atom. The zero-order chi connectivity index (χ0) is 15.9. The number of aromatic amines is 1. The Morgan fingerprint density at radius 2 is 1.91 bits per heavy atom. The fraction of sp³-hybridized carbons (Fsp3) is 0.538. The molecule has 0 saturated carbocycles. The largest absolute Gasteiger partial charge is 0.295 e. The van der Waals surface area contributed by atoms with Gasteiger partial charge in [0.05, 0.1) is 11.9 Å². The molecule has 0 atom stereocenters. The zero-order valence-electron chi connectivity index (χ0n) is 12.6. The summed E-state index contributed by atoms with van der Waals surface area (Å²) < 4.78 is 25.9. The summed E-state index contributed by atoms with van der Waals surface area (Å²) in [5.41, 5.74) is 2.05. The molecule has 0 aliphatic carbocycles. The van der Waals surface area contributed by atoms with Crippen molar-refractivity contribution in [3.63, 3.8) is 0 Å². The van der Waals surface area contributed by atoms with Gasteiger partial charge in [-0.3, -0.25) is 14.8 Å². The molecule has 2 aromatic heterocycles. The van der Waals surface area contributed by atoms with Crippen LogP contribution in [0.4, 0.5) is 0 Å². The normalized spacial score (nSPS) is 18.1. The highest BCUT2D eigenvalue weighted by Crippen LogP contribution is 2.09. The lowest BCUT2D eigenvalue weighted by molar-refractivity contribution is 0.180. The van der Waals surface area contributed by atoms with Crippen molar-refractivity contribution >= 4 is 15.7 Å². The molecule has 0 bridgehead atoms. The van der Waals surface area contributed by atoms with Crippen LogP contribution in [0.15, 0.2) is 16.9 Å². The van der Waals surface area contributed by atoms with E-state index in [0.717, 1.165) is 5.69 Å². The molecule has 0 aromatic carbocycles. The van der Waals surface area contributed by atoms with Gasteiger partial charge in [0, 0.05) is 50.6 Å². The number of aryl methyl sites for hydroxylation is 1. The molecule has 1 saturated heterocycles. The highest BCUT2D eigenvalue weighted by molar-refractivity contribution is 7.88. The molecule has 2 aromatic rings. The molecule has 120 valence electrons. The van der Waals surface area contributed by atoms with Crippen molar-refractivity contribution in [2.75, 3.05) is 32.4 Å². The molecule has 8 nitrogen and oxygen atoms in total. The van der Waals surface area contributed by atoms with Gasteiger partial charge in [-0.1, -0.05) is 0 Å². The number of nitrogens with zero attached hydrogens (tertiary/aromatic N) is 4. The van der Waals surface area contributed by atoms with Crippen LogP contribution < -0.4 is 5.56 Å². The van der Waals surface area contributed by atoms with E-state index in [2.05, 4.69) is 15.0 Å². The van der Waals surface area contributed by atoms with E-state index in [1.54, 1.807) is 0 Å². The van der Waals surface area contributed by atoms with Gasteiger partial charge in [-0.2, -0.15) is 4.31 Å². The lowest BCUT2D eigenvalue weighted by Crippen LogP contribution is -2.48. The van der Waals surface area contributed by atoms with Gasteiger partial charge >= 0.3 is 0 Å². The van der Waals surface area contributed by atoms with Crippen molar-refractivity contribution in [1.29, 1.82) is 0 Å². The summed E-state index contributed by atoms with van der Waals surface area (Å²) >= 11 is 0. The van der Waals surface area contributed by atoms with Gasteiger partial charge in [0.15, 0.2) is 5.65 Å². The Hall–Kier alpha value is -1.71. The van der Waals surface area contributed by atoms with Gasteiger partial charge in [-0.25, -0.2) is 17.9 Å². The highest BCUT2D eigenvalue weighted by atomic mass is 32.2. The minimum absolute atomic E-state index is 0.136. The molecule has 0 spiro atoms. The van der Waals surface area contributed by atoms with Crippen LogP contribution in [0.2, 0.25) is 0 Å². The van der Waals surface area contributed by atoms with Gasteiger partial charge in [-0.15, -0.1) is 0 Å². The van der Waals surface area contributed by atoms with Crippen LogP contribution in [0.25, 0.3) is 5.65 Å². The lowest BCUT2D eigenvalue weighted by atomic mass is 10.3. The number of rotatable bonds is 3. The average Bonchev–Trinajstić information content (AvgIpc) is 2.79. The second-order valence-corrected chi connectivity index (χ2v) is 7.64. The molecule has 0 amide bonds. The molecule has 3 heterocycles. The number of aromatic nitrogens is 3. The molecule has 1 aliphatic heterocycles. The van der Waals surface area contributed by atoms with Gasteiger partial charge < -0.3 is 0 Å². The number of nitrogens with one attached hydrogen (secondary N) is 1. The van der Waals surface area contributed by atoms with E-state index in [1.807, 2.05) is 13.0 Å². The second kappa shape index (κ2) is 5.49. The maximum atomic E-state index is 12.0. The maximum Gasteiger partial charge on any atom is 0.272 e. The first-order valence-electron chi connectivity index (χ1n) is 7.09. The fourth-order valence-electron chi connectivity index (χ4n) is 2.69. The third-order valence-electron chi connectivity index (χ3n) is 3.82. The summed E-state index contributed by atoms with van der Waals surface area (Å²) in [6.45, 7) is 4.65. The number of sulfonamides is 1. The predicted molar refractivity (Wildman–Crippen MR) is 82.2 cm³/mol. The maximum absolute atomic E-state index is 12.0. The second-order valence-electron chi connectivity index (χ2n) is 5.66. The van der Waals surface area contributed by atoms with Gasteiger partial charge in [0.2, 0.25) is 10.0 Å². The molecule has 3 rings (SSSR count). The summed E-state index contributed by atoms with van der Waals surface area (Å²) in [5.74, 6) is 0. The summed E-state index contributed by atoms with van der Waals surface area (Å²) in [7, 11) is -3.12. The molecule has 9 heteroatoms. The molecule has 1 N–H and O–H groups in total. The van der Waals surface area contributed by atoms with E-state index < -0.39 is 10.0 Å². The number of H-pyrrole nitrogens is 1. The minimum Gasteiger partial charge on any atom is -0.295 e. The van der Waals surface area contributed by atoms with Crippen LogP contribution in [0.5, 0.6) is 0 Å². The SMILES string of the molecule is Cc1cc2nc(CN3CCN(S(C)(=O)=O)CC3)cc(=O)n2[nH]1. The van der Waals surface area contributed by atoms with Crippen LogP contribution in [-0.2, 0) is 16.6 Å². The molecule has 22 heavy (non-hydrogen) atoms. The summed E-state index contributed by atoms with van der Waals surface area (Å²) in [6.07, 6.45) is 1.23. The minimum atomic E-state index is -3.12. The number of hydrogen-bond acceptors (Lipinski definition) is 5. The standard InChI is InChI=1S/C13H19N5O3S/c1-10-7-12-14-11(8-13(19)18(12)15-10)9-16-3-5-17(6-4-16)22(2,20)21/h7-8,15H,3-6,9H2,1-2H3. The molecular weight excluding hydrogens is 306 g/mol. The summed E-state index contributed by atoms with van der Waals surface area (Å²) in [5, 5.41) is 2.93. The van der Waals surface area contributed by atoms with Crippen LogP contribution in [0.3, 0.4) is 0 Å². The van der Waals surface area contributed by atoms with Crippen molar-refractivity contribution in [2.24, 2.45) is 0 Å². The summed E-state index contributed by atoms with van der Waals surface area (Å²) in [6, 6.07) is 3.35. The number of fused-ring (bicyclic) bond motifs is 1. The lowest BCUT2D eigenvalue weighted by Gasteiger charge is -2.32.